The van der Waals surface area contributed by atoms with Gasteiger partial charge in [0.25, 0.3) is 0 Å². The molecule has 102 valence electrons. The first-order valence-electron chi connectivity index (χ1n) is 6.25. The molecule has 0 spiro atoms. The molecule has 1 aromatic carbocycles. The molecule has 2 aromatic rings. The quantitative estimate of drug-likeness (QED) is 0.734. The largest absolute Gasteiger partial charge is 0.312 e. The summed E-state index contributed by atoms with van der Waals surface area (Å²) in [6.45, 7) is 4.47. The van der Waals surface area contributed by atoms with E-state index in [-0.39, 0.29) is 0 Å². The van der Waals surface area contributed by atoms with Crippen molar-refractivity contribution in [1.82, 2.24) is 5.32 Å². The average Bonchev–Trinajstić information content (AvgIpc) is 2.82. The highest BCUT2D eigenvalue weighted by molar-refractivity contribution is 9.10. The predicted molar refractivity (Wildman–Crippen MR) is 89.1 cm³/mol. The van der Waals surface area contributed by atoms with Gasteiger partial charge in [0.2, 0.25) is 0 Å². The first-order valence-corrected chi connectivity index (χ1v) is 8.24. The van der Waals surface area contributed by atoms with Crippen LogP contribution >= 0.6 is 38.9 Å². The fourth-order valence-corrected chi connectivity index (χ4v) is 3.84. The highest BCUT2D eigenvalue weighted by atomic mass is 79.9. The molecule has 1 nitrogen and oxygen atoms in total. The van der Waals surface area contributed by atoms with E-state index in [0.717, 1.165) is 9.50 Å². The van der Waals surface area contributed by atoms with E-state index in [9.17, 15) is 0 Å². The number of thiophene rings is 1. The van der Waals surface area contributed by atoms with Crippen LogP contribution in [-0.4, -0.2) is 7.05 Å². The molecule has 4 heteroatoms. The normalized spacial score (nSPS) is 12.9. The van der Waals surface area contributed by atoms with Crippen molar-refractivity contribution in [2.75, 3.05) is 7.05 Å². The van der Waals surface area contributed by atoms with Gasteiger partial charge >= 0.3 is 0 Å². The van der Waals surface area contributed by atoms with Crippen LogP contribution < -0.4 is 5.32 Å². The van der Waals surface area contributed by atoms with Crippen molar-refractivity contribution in [3.8, 4) is 10.4 Å². The molecule has 0 fully saturated rings. The van der Waals surface area contributed by atoms with E-state index in [0.29, 0.717) is 12.0 Å². The lowest BCUT2D eigenvalue weighted by Gasteiger charge is -2.18. The van der Waals surface area contributed by atoms with Crippen LogP contribution in [-0.2, 0) is 0 Å². The summed E-state index contributed by atoms with van der Waals surface area (Å²) in [5.41, 5.74) is 1.17. The number of nitrogens with one attached hydrogen (secondary N) is 1. The van der Waals surface area contributed by atoms with Gasteiger partial charge in [0.15, 0.2) is 0 Å². The molecule has 2 rings (SSSR count). The van der Waals surface area contributed by atoms with Crippen LogP contribution in [0.4, 0.5) is 0 Å². The lowest BCUT2D eigenvalue weighted by Crippen LogP contribution is -2.20. The molecule has 0 saturated carbocycles. The molecule has 0 amide bonds. The van der Waals surface area contributed by atoms with Crippen molar-refractivity contribution >= 4 is 38.9 Å². The van der Waals surface area contributed by atoms with Gasteiger partial charge in [0.1, 0.15) is 0 Å². The molecule has 0 saturated heterocycles. The van der Waals surface area contributed by atoms with Crippen molar-refractivity contribution in [3.05, 3.63) is 44.7 Å². The molecule has 0 aliphatic carbocycles. The topological polar surface area (TPSA) is 12.0 Å². The highest BCUT2D eigenvalue weighted by Gasteiger charge is 2.16. The zero-order chi connectivity index (χ0) is 14.0. The Morgan fingerprint density at radius 2 is 1.95 bits per heavy atom. The van der Waals surface area contributed by atoms with Crippen molar-refractivity contribution in [2.24, 2.45) is 5.92 Å². The summed E-state index contributed by atoms with van der Waals surface area (Å²) < 4.78 is 0.935. The van der Waals surface area contributed by atoms with Crippen LogP contribution in [0.15, 0.2) is 34.8 Å². The predicted octanol–water partition coefficient (Wildman–Crippen LogP) is 5.75. The first-order chi connectivity index (χ1) is 9.02. The monoisotopic (exact) mass is 357 g/mol. The van der Waals surface area contributed by atoms with Gasteiger partial charge in [-0.1, -0.05) is 31.5 Å². The Labute approximate surface area is 132 Å². The fourth-order valence-electron chi connectivity index (χ4n) is 2.13. The molecule has 1 aromatic heterocycles. The minimum atomic E-state index is 0.407. The van der Waals surface area contributed by atoms with E-state index in [1.54, 1.807) is 0 Å². The van der Waals surface area contributed by atoms with Crippen LogP contribution in [0.3, 0.4) is 0 Å². The van der Waals surface area contributed by atoms with Crippen LogP contribution in [0, 0.1) is 5.92 Å². The summed E-state index contributed by atoms with van der Waals surface area (Å²) in [6, 6.07) is 10.9. The molecule has 0 bridgehead atoms. The summed E-state index contributed by atoms with van der Waals surface area (Å²) in [5, 5.41) is 4.13. The summed E-state index contributed by atoms with van der Waals surface area (Å²) in [4.78, 5) is 2.62. The van der Waals surface area contributed by atoms with Crippen molar-refractivity contribution in [1.29, 1.82) is 0 Å². The van der Waals surface area contributed by atoms with Crippen molar-refractivity contribution in [2.45, 2.75) is 19.9 Å². The zero-order valence-electron chi connectivity index (χ0n) is 11.2. The molecule has 1 heterocycles. The smallest absolute Gasteiger partial charge is 0.0554 e. The number of hydrogen-bond acceptors (Lipinski definition) is 2. The van der Waals surface area contributed by atoms with E-state index < -0.39 is 0 Å². The molecule has 1 unspecified atom stereocenters. The molecule has 0 radical (unpaired) electrons. The highest BCUT2D eigenvalue weighted by Crippen LogP contribution is 2.36. The third-order valence-electron chi connectivity index (χ3n) is 3.12. The summed E-state index contributed by atoms with van der Waals surface area (Å²) >= 11 is 11.4. The van der Waals surface area contributed by atoms with Gasteiger partial charge in [-0.25, -0.2) is 0 Å². The summed E-state index contributed by atoms with van der Waals surface area (Å²) in [7, 11) is 2.01. The lowest BCUT2D eigenvalue weighted by atomic mass is 10.0. The maximum Gasteiger partial charge on any atom is 0.0554 e. The van der Waals surface area contributed by atoms with E-state index in [4.69, 9.17) is 11.6 Å². The van der Waals surface area contributed by atoms with Gasteiger partial charge in [-0.2, -0.15) is 0 Å². The van der Waals surface area contributed by atoms with Crippen molar-refractivity contribution in [3.63, 3.8) is 0 Å². The van der Waals surface area contributed by atoms with Crippen LogP contribution in [0.1, 0.15) is 24.8 Å². The maximum absolute atomic E-state index is 6.16. The summed E-state index contributed by atoms with van der Waals surface area (Å²) in [5.74, 6) is 0.574. The van der Waals surface area contributed by atoms with Gasteiger partial charge < -0.3 is 5.32 Å². The van der Waals surface area contributed by atoms with E-state index in [1.807, 2.05) is 30.5 Å². The minimum Gasteiger partial charge on any atom is -0.312 e. The van der Waals surface area contributed by atoms with Gasteiger partial charge in [-0.15, -0.1) is 11.3 Å². The minimum absolute atomic E-state index is 0.407. The molecular weight excluding hydrogens is 342 g/mol. The number of rotatable bonds is 4. The number of hydrogen-bond donors (Lipinski definition) is 1. The second-order valence-electron chi connectivity index (χ2n) is 4.84. The molecule has 0 aliphatic rings. The lowest BCUT2D eigenvalue weighted by molar-refractivity contribution is 0.449. The van der Waals surface area contributed by atoms with E-state index >= 15 is 0 Å². The Kier molecular flexibility index (Phi) is 5.07. The van der Waals surface area contributed by atoms with Gasteiger partial charge in [-0.3, -0.25) is 0 Å². The van der Waals surface area contributed by atoms with Crippen molar-refractivity contribution < 1.29 is 0 Å². The first kappa shape index (κ1) is 15.0. The third kappa shape index (κ3) is 3.40. The van der Waals surface area contributed by atoms with E-state index in [1.165, 1.54) is 15.3 Å². The molecule has 19 heavy (non-hydrogen) atoms. The molecule has 1 atom stereocenters. The van der Waals surface area contributed by atoms with Gasteiger partial charge in [-0.05, 0) is 58.7 Å². The standard InChI is InChI=1S/C15H17BrClNS/c1-9(2)15(18-3)14-7-6-13(19-14)10-4-5-11(16)12(17)8-10/h4-9,15,18H,1-3H3. The molecule has 0 aliphatic heterocycles. The van der Waals surface area contributed by atoms with Gasteiger partial charge in [0, 0.05) is 20.3 Å². The van der Waals surface area contributed by atoms with E-state index in [2.05, 4.69) is 53.3 Å². The maximum atomic E-state index is 6.16. The summed E-state index contributed by atoms with van der Waals surface area (Å²) in [6.07, 6.45) is 0. The SMILES string of the molecule is CNC(c1ccc(-c2ccc(Br)c(Cl)c2)s1)C(C)C. The molecule has 1 N–H and O–H groups in total. The Morgan fingerprint density at radius 3 is 2.53 bits per heavy atom. The third-order valence-corrected chi connectivity index (χ3v) is 5.57. The molecular formula is C15H17BrClNS. The van der Waals surface area contributed by atoms with Crippen LogP contribution in [0.5, 0.6) is 0 Å². The van der Waals surface area contributed by atoms with Gasteiger partial charge in [0.05, 0.1) is 5.02 Å². The second kappa shape index (κ2) is 6.40. The Balaban J connectivity index is 2.32. The fraction of sp³-hybridized carbons (Fsp3) is 0.333. The Bertz CT molecular complexity index is 565. The average molecular weight is 359 g/mol. The Hall–Kier alpha value is -0.350. The van der Waals surface area contributed by atoms with Crippen LogP contribution in [0.2, 0.25) is 5.02 Å². The number of benzene rings is 1. The zero-order valence-corrected chi connectivity index (χ0v) is 14.4. The second-order valence-corrected chi connectivity index (χ2v) is 7.22. The Morgan fingerprint density at radius 1 is 1.21 bits per heavy atom. The van der Waals surface area contributed by atoms with Crippen LogP contribution in [0.25, 0.3) is 10.4 Å². The number of halogens is 2.